The van der Waals surface area contributed by atoms with Crippen molar-refractivity contribution in [3.05, 3.63) is 76.5 Å². The molecule has 5 rings (SSSR count). The van der Waals surface area contributed by atoms with E-state index < -0.39 is 0 Å². The molecule has 0 aliphatic carbocycles. The maximum atomic E-state index is 13.2. The van der Waals surface area contributed by atoms with Crippen molar-refractivity contribution in [2.24, 2.45) is 13.0 Å². The third-order valence-corrected chi connectivity index (χ3v) is 5.97. The van der Waals surface area contributed by atoms with E-state index in [1.54, 1.807) is 6.20 Å². The van der Waals surface area contributed by atoms with Gasteiger partial charge < -0.3 is 14.0 Å². The van der Waals surface area contributed by atoms with Gasteiger partial charge in [0.25, 0.3) is 11.5 Å². The average molecular weight is 374 g/mol. The van der Waals surface area contributed by atoms with E-state index in [-0.39, 0.29) is 17.4 Å². The Morgan fingerprint density at radius 2 is 1.89 bits per heavy atom. The van der Waals surface area contributed by atoms with Crippen molar-refractivity contribution in [1.29, 1.82) is 0 Å². The highest BCUT2D eigenvalue weighted by Crippen LogP contribution is 2.36. The highest BCUT2D eigenvalue weighted by atomic mass is 16.2. The molecule has 2 atom stereocenters. The number of carbonyl (C=O) groups excluding carboxylic acids is 1. The first-order chi connectivity index (χ1) is 13.6. The summed E-state index contributed by atoms with van der Waals surface area (Å²) >= 11 is 0. The van der Waals surface area contributed by atoms with Gasteiger partial charge in [-0.3, -0.25) is 9.59 Å². The number of benzene rings is 1. The molecule has 142 valence electrons. The molecule has 0 unspecified atom stereocenters. The summed E-state index contributed by atoms with van der Waals surface area (Å²) in [6.07, 6.45) is 4.58. The Labute approximate surface area is 163 Å². The van der Waals surface area contributed by atoms with Gasteiger partial charge in [0.05, 0.1) is 5.56 Å². The Bertz CT molecular complexity index is 1100. The molecule has 4 heterocycles. The van der Waals surface area contributed by atoms with Gasteiger partial charge in [-0.25, -0.2) is 4.98 Å². The summed E-state index contributed by atoms with van der Waals surface area (Å²) in [7, 11) is 1.90. The van der Waals surface area contributed by atoms with Crippen LogP contribution in [0.4, 0.5) is 0 Å². The minimum Gasteiger partial charge on any atom is -0.338 e. The molecular weight excluding hydrogens is 352 g/mol. The first-order valence-electron chi connectivity index (χ1n) is 9.67. The summed E-state index contributed by atoms with van der Waals surface area (Å²) in [6, 6.07) is 13.4. The second kappa shape index (κ2) is 6.48. The van der Waals surface area contributed by atoms with E-state index in [1.165, 1.54) is 0 Å². The molecule has 2 aliphatic heterocycles. The predicted molar refractivity (Wildman–Crippen MR) is 106 cm³/mol. The van der Waals surface area contributed by atoms with Crippen molar-refractivity contribution in [2.75, 3.05) is 13.1 Å². The number of likely N-dealkylation sites (tertiary alicyclic amines) is 1. The lowest BCUT2D eigenvalue weighted by atomic mass is 9.82. The first-order valence-corrected chi connectivity index (χ1v) is 9.67. The molecule has 0 N–H and O–H groups in total. The smallest absolute Gasteiger partial charge is 0.261 e. The lowest BCUT2D eigenvalue weighted by Crippen LogP contribution is -2.49. The van der Waals surface area contributed by atoms with Crippen molar-refractivity contribution >= 4 is 5.91 Å². The molecule has 0 spiro atoms. The number of rotatable bonds is 2. The van der Waals surface area contributed by atoms with E-state index >= 15 is 0 Å². The molecule has 1 aromatic carbocycles. The standard InChI is InChI=1S/C22H22N4O2/c1-24-10-9-23-20(24)18-7-8-19-17-11-15(13-26(19)22(18)28)12-25(14-17)21(27)16-5-3-2-4-6-16/h2-10,15,17H,11-14H2,1H3/t15-,17+/m0/s1. The number of aromatic nitrogens is 3. The van der Waals surface area contributed by atoms with E-state index in [4.69, 9.17) is 0 Å². The van der Waals surface area contributed by atoms with Crippen LogP contribution in [0.1, 0.15) is 28.4 Å². The first kappa shape index (κ1) is 17.0. The molecule has 1 amide bonds. The maximum absolute atomic E-state index is 13.2. The fourth-order valence-electron chi connectivity index (χ4n) is 4.67. The molecule has 3 aromatic rings. The normalized spacial score (nSPS) is 20.7. The molecule has 6 heteroatoms. The molecule has 2 aliphatic rings. The number of hydrogen-bond donors (Lipinski definition) is 0. The minimum atomic E-state index is 0.0179. The minimum absolute atomic E-state index is 0.0179. The van der Waals surface area contributed by atoms with Gasteiger partial charge in [0.2, 0.25) is 0 Å². The fraction of sp³-hybridized carbons (Fsp3) is 0.318. The van der Waals surface area contributed by atoms with Gasteiger partial charge in [-0.05, 0) is 36.6 Å². The summed E-state index contributed by atoms with van der Waals surface area (Å²) in [4.78, 5) is 32.4. The molecule has 2 bridgehead atoms. The van der Waals surface area contributed by atoms with Crippen LogP contribution in [0.25, 0.3) is 11.4 Å². The number of carbonyl (C=O) groups is 1. The van der Waals surface area contributed by atoms with Crippen LogP contribution < -0.4 is 5.56 Å². The SMILES string of the molecule is Cn1ccnc1-c1ccc2n(c1=O)C[C@H]1C[C@@H]2CN(C(=O)c2ccccc2)C1. The predicted octanol–water partition coefficient (Wildman–Crippen LogP) is 2.51. The third kappa shape index (κ3) is 2.68. The van der Waals surface area contributed by atoms with Crippen molar-refractivity contribution in [3.8, 4) is 11.4 Å². The Balaban J connectivity index is 1.48. The summed E-state index contributed by atoms with van der Waals surface area (Å²) in [5.74, 6) is 1.27. The van der Waals surface area contributed by atoms with Gasteiger partial charge in [0, 0.05) is 56.3 Å². The molecule has 0 saturated carbocycles. The summed E-state index contributed by atoms with van der Waals surface area (Å²) in [6.45, 7) is 2.01. The summed E-state index contributed by atoms with van der Waals surface area (Å²) in [5, 5.41) is 0. The van der Waals surface area contributed by atoms with Crippen LogP contribution >= 0.6 is 0 Å². The van der Waals surface area contributed by atoms with Crippen LogP contribution in [-0.4, -0.2) is 38.0 Å². The van der Waals surface area contributed by atoms with E-state index in [9.17, 15) is 9.59 Å². The largest absolute Gasteiger partial charge is 0.338 e. The van der Waals surface area contributed by atoms with E-state index in [0.29, 0.717) is 36.9 Å². The summed E-state index contributed by atoms with van der Waals surface area (Å²) in [5.41, 5.74) is 2.41. The number of imidazole rings is 1. The molecule has 28 heavy (non-hydrogen) atoms. The van der Waals surface area contributed by atoms with Crippen LogP contribution in [0, 0.1) is 5.92 Å². The Morgan fingerprint density at radius 1 is 1.07 bits per heavy atom. The monoisotopic (exact) mass is 374 g/mol. The molecule has 1 fully saturated rings. The number of hydrogen-bond acceptors (Lipinski definition) is 3. The lowest BCUT2D eigenvalue weighted by molar-refractivity contribution is 0.0594. The zero-order chi connectivity index (χ0) is 19.3. The Kier molecular flexibility index (Phi) is 3.93. The second-order valence-corrected chi connectivity index (χ2v) is 7.82. The van der Waals surface area contributed by atoms with E-state index in [2.05, 4.69) is 4.98 Å². The molecule has 0 radical (unpaired) electrons. The molecular formula is C22H22N4O2. The average Bonchev–Trinajstić information content (AvgIpc) is 3.14. The summed E-state index contributed by atoms with van der Waals surface area (Å²) < 4.78 is 3.78. The Hall–Kier alpha value is -3.15. The molecule has 6 nitrogen and oxygen atoms in total. The molecule has 1 saturated heterocycles. The van der Waals surface area contributed by atoms with Crippen LogP contribution in [0.5, 0.6) is 0 Å². The Morgan fingerprint density at radius 3 is 2.64 bits per heavy atom. The van der Waals surface area contributed by atoms with Gasteiger partial charge >= 0.3 is 0 Å². The van der Waals surface area contributed by atoms with Crippen molar-refractivity contribution in [1.82, 2.24) is 19.0 Å². The highest BCUT2D eigenvalue weighted by Gasteiger charge is 2.37. The number of nitrogens with zero attached hydrogens (tertiary/aromatic N) is 4. The topological polar surface area (TPSA) is 60.1 Å². The van der Waals surface area contributed by atoms with Gasteiger partial charge in [0.1, 0.15) is 5.82 Å². The number of amides is 1. The lowest BCUT2D eigenvalue weighted by Gasteiger charge is -2.43. The third-order valence-electron chi connectivity index (χ3n) is 5.97. The van der Waals surface area contributed by atoms with Crippen molar-refractivity contribution in [2.45, 2.75) is 18.9 Å². The van der Waals surface area contributed by atoms with Crippen LogP contribution in [0.3, 0.4) is 0 Å². The van der Waals surface area contributed by atoms with Gasteiger partial charge in [0.15, 0.2) is 0 Å². The number of aryl methyl sites for hydroxylation is 1. The van der Waals surface area contributed by atoms with Crippen molar-refractivity contribution < 1.29 is 4.79 Å². The highest BCUT2D eigenvalue weighted by molar-refractivity contribution is 5.94. The van der Waals surface area contributed by atoms with Crippen LogP contribution in [0.2, 0.25) is 0 Å². The molecule has 2 aromatic heterocycles. The van der Waals surface area contributed by atoms with E-state index in [0.717, 1.165) is 17.7 Å². The van der Waals surface area contributed by atoms with Gasteiger partial charge in [-0.15, -0.1) is 0 Å². The van der Waals surface area contributed by atoms with Crippen LogP contribution in [-0.2, 0) is 13.6 Å². The fourth-order valence-corrected chi connectivity index (χ4v) is 4.67. The number of piperidine rings is 1. The van der Waals surface area contributed by atoms with Gasteiger partial charge in [-0.2, -0.15) is 0 Å². The quantitative estimate of drug-likeness (QED) is 0.692. The van der Waals surface area contributed by atoms with E-state index in [1.807, 2.05) is 69.7 Å². The number of fused-ring (bicyclic) bond motifs is 4. The van der Waals surface area contributed by atoms with Crippen LogP contribution in [0.15, 0.2) is 59.7 Å². The maximum Gasteiger partial charge on any atom is 0.261 e. The number of pyridine rings is 1. The zero-order valence-electron chi connectivity index (χ0n) is 15.8. The van der Waals surface area contributed by atoms with Crippen molar-refractivity contribution in [3.63, 3.8) is 0 Å². The second-order valence-electron chi connectivity index (χ2n) is 7.82. The zero-order valence-corrected chi connectivity index (χ0v) is 15.8. The van der Waals surface area contributed by atoms with Gasteiger partial charge in [-0.1, -0.05) is 18.2 Å².